The van der Waals surface area contributed by atoms with Crippen LogP contribution in [0.15, 0.2) is 30.3 Å². The van der Waals surface area contributed by atoms with Gasteiger partial charge in [-0.1, -0.05) is 43.7 Å². The van der Waals surface area contributed by atoms with Crippen molar-refractivity contribution >= 4 is 7.82 Å². The maximum Gasteiger partial charge on any atom is 0.470 e. The quantitative estimate of drug-likeness (QED) is 0.763. The van der Waals surface area contributed by atoms with Crippen molar-refractivity contribution in [1.82, 2.24) is 0 Å². The van der Waals surface area contributed by atoms with Crippen molar-refractivity contribution in [3.8, 4) is 0 Å². The van der Waals surface area contributed by atoms with Crippen LogP contribution in [0.3, 0.4) is 0 Å². The van der Waals surface area contributed by atoms with Crippen molar-refractivity contribution in [3.05, 3.63) is 35.9 Å². The first-order valence-corrected chi connectivity index (χ1v) is 6.35. The lowest BCUT2D eigenvalue weighted by Gasteiger charge is -2.17. The SMILES string of the molecule is CCCC(OP(=O)(O)O)c1ccccc1. The number of hydrogen-bond donors (Lipinski definition) is 2. The molecular formula is C10H15O4P. The number of hydrogen-bond acceptors (Lipinski definition) is 2. The van der Waals surface area contributed by atoms with Crippen LogP contribution in [0.4, 0.5) is 0 Å². The number of phosphoric ester groups is 1. The second kappa shape index (κ2) is 5.42. The molecule has 1 aromatic carbocycles. The van der Waals surface area contributed by atoms with Gasteiger partial charge in [0.25, 0.3) is 0 Å². The Morgan fingerprint density at radius 3 is 2.40 bits per heavy atom. The molecule has 0 aliphatic rings. The number of benzene rings is 1. The van der Waals surface area contributed by atoms with E-state index in [0.717, 1.165) is 12.0 Å². The highest BCUT2D eigenvalue weighted by molar-refractivity contribution is 7.46. The van der Waals surface area contributed by atoms with Gasteiger partial charge >= 0.3 is 7.82 Å². The van der Waals surface area contributed by atoms with Gasteiger partial charge in [0.05, 0.1) is 6.10 Å². The normalized spacial score (nSPS) is 13.8. The molecule has 0 saturated heterocycles. The van der Waals surface area contributed by atoms with E-state index in [-0.39, 0.29) is 0 Å². The fourth-order valence-corrected chi connectivity index (χ4v) is 1.93. The molecule has 4 nitrogen and oxygen atoms in total. The zero-order valence-electron chi connectivity index (χ0n) is 8.54. The van der Waals surface area contributed by atoms with Crippen molar-refractivity contribution < 1.29 is 18.9 Å². The average molecular weight is 230 g/mol. The summed E-state index contributed by atoms with van der Waals surface area (Å²) in [5.74, 6) is 0. The first kappa shape index (κ1) is 12.4. The van der Waals surface area contributed by atoms with Gasteiger partial charge in [-0.2, -0.15) is 0 Å². The largest absolute Gasteiger partial charge is 0.470 e. The van der Waals surface area contributed by atoms with Crippen molar-refractivity contribution in [1.29, 1.82) is 0 Å². The van der Waals surface area contributed by atoms with Crippen LogP contribution in [0.1, 0.15) is 31.4 Å². The first-order valence-electron chi connectivity index (χ1n) is 4.82. The number of rotatable bonds is 5. The highest BCUT2D eigenvalue weighted by Gasteiger charge is 2.22. The summed E-state index contributed by atoms with van der Waals surface area (Å²) in [5, 5.41) is 0. The zero-order valence-corrected chi connectivity index (χ0v) is 9.43. The summed E-state index contributed by atoms with van der Waals surface area (Å²) < 4.78 is 15.5. The molecule has 2 N–H and O–H groups in total. The third-order valence-corrected chi connectivity index (χ3v) is 2.52. The van der Waals surface area contributed by atoms with E-state index < -0.39 is 13.9 Å². The lowest BCUT2D eigenvalue weighted by Crippen LogP contribution is -2.02. The van der Waals surface area contributed by atoms with Crippen LogP contribution in [0.2, 0.25) is 0 Å². The van der Waals surface area contributed by atoms with Crippen LogP contribution in [-0.2, 0) is 9.09 Å². The molecule has 15 heavy (non-hydrogen) atoms. The van der Waals surface area contributed by atoms with E-state index in [0.29, 0.717) is 6.42 Å². The van der Waals surface area contributed by atoms with E-state index in [9.17, 15) is 4.57 Å². The molecule has 1 unspecified atom stereocenters. The second-order valence-electron chi connectivity index (χ2n) is 3.28. The Kier molecular flexibility index (Phi) is 4.48. The Morgan fingerprint density at radius 1 is 1.33 bits per heavy atom. The Bertz CT molecular complexity index is 333. The monoisotopic (exact) mass is 230 g/mol. The second-order valence-corrected chi connectivity index (χ2v) is 4.48. The molecular weight excluding hydrogens is 215 g/mol. The Labute approximate surface area is 89.1 Å². The number of phosphoric acid groups is 1. The smallest absolute Gasteiger partial charge is 0.303 e. The van der Waals surface area contributed by atoms with Gasteiger partial charge in [0.15, 0.2) is 0 Å². The maximum atomic E-state index is 10.8. The van der Waals surface area contributed by atoms with Crippen molar-refractivity contribution in [2.75, 3.05) is 0 Å². The van der Waals surface area contributed by atoms with Crippen LogP contribution < -0.4 is 0 Å². The van der Waals surface area contributed by atoms with Gasteiger partial charge in [-0.15, -0.1) is 0 Å². The summed E-state index contributed by atoms with van der Waals surface area (Å²) >= 11 is 0. The summed E-state index contributed by atoms with van der Waals surface area (Å²) in [4.78, 5) is 17.5. The molecule has 0 aromatic heterocycles. The van der Waals surface area contributed by atoms with E-state index in [1.54, 1.807) is 12.1 Å². The van der Waals surface area contributed by atoms with Crippen molar-refractivity contribution in [2.24, 2.45) is 0 Å². The topological polar surface area (TPSA) is 66.8 Å². The molecule has 0 fully saturated rings. The summed E-state index contributed by atoms with van der Waals surface area (Å²) in [7, 11) is -4.42. The molecule has 0 radical (unpaired) electrons. The van der Waals surface area contributed by atoms with Crippen LogP contribution in [0.25, 0.3) is 0 Å². The van der Waals surface area contributed by atoms with Crippen LogP contribution in [-0.4, -0.2) is 9.79 Å². The molecule has 0 saturated carbocycles. The minimum atomic E-state index is -4.42. The van der Waals surface area contributed by atoms with Gasteiger partial charge < -0.3 is 9.79 Å². The Balaban J connectivity index is 2.79. The van der Waals surface area contributed by atoms with Crippen molar-refractivity contribution in [3.63, 3.8) is 0 Å². The highest BCUT2D eigenvalue weighted by atomic mass is 31.2. The highest BCUT2D eigenvalue weighted by Crippen LogP contribution is 2.43. The molecule has 0 bridgehead atoms. The van der Waals surface area contributed by atoms with Crippen LogP contribution >= 0.6 is 7.82 Å². The summed E-state index contributed by atoms with van der Waals surface area (Å²) in [6.07, 6.45) is 0.867. The zero-order chi connectivity index (χ0) is 11.3. The van der Waals surface area contributed by atoms with Crippen LogP contribution in [0.5, 0.6) is 0 Å². The fourth-order valence-electron chi connectivity index (χ4n) is 1.38. The maximum absolute atomic E-state index is 10.8. The average Bonchev–Trinajstić information content (AvgIpc) is 2.17. The van der Waals surface area contributed by atoms with E-state index in [4.69, 9.17) is 14.3 Å². The molecule has 0 amide bonds. The molecule has 0 aliphatic heterocycles. The predicted octanol–water partition coefficient (Wildman–Crippen LogP) is 2.64. The van der Waals surface area contributed by atoms with E-state index >= 15 is 0 Å². The van der Waals surface area contributed by atoms with Gasteiger partial charge in [0, 0.05) is 0 Å². The van der Waals surface area contributed by atoms with Gasteiger partial charge in [-0.25, -0.2) is 4.57 Å². The van der Waals surface area contributed by atoms with Crippen molar-refractivity contribution in [2.45, 2.75) is 25.9 Å². The predicted molar refractivity (Wildman–Crippen MR) is 57.2 cm³/mol. The molecule has 5 heteroatoms. The molecule has 0 heterocycles. The minimum absolute atomic E-state index is 0.531. The third-order valence-electron chi connectivity index (χ3n) is 1.99. The van der Waals surface area contributed by atoms with Crippen LogP contribution in [0, 0.1) is 0 Å². The van der Waals surface area contributed by atoms with Gasteiger partial charge in [0.2, 0.25) is 0 Å². The Morgan fingerprint density at radius 2 is 1.93 bits per heavy atom. The van der Waals surface area contributed by atoms with E-state index in [2.05, 4.69) is 0 Å². The van der Waals surface area contributed by atoms with E-state index in [1.165, 1.54) is 0 Å². The molecule has 1 rings (SSSR count). The summed E-state index contributed by atoms with van der Waals surface area (Å²) in [6, 6.07) is 9.10. The standard InChI is InChI=1S/C10H15O4P/c1-2-6-10(14-15(11,12)13)9-7-4-3-5-8-9/h3-5,7-8,10H,2,6H2,1H3,(H2,11,12,13). The third kappa shape index (κ3) is 4.58. The lowest BCUT2D eigenvalue weighted by atomic mass is 10.1. The van der Waals surface area contributed by atoms with Gasteiger partial charge in [-0.3, -0.25) is 4.52 Å². The molecule has 1 aromatic rings. The fraction of sp³-hybridized carbons (Fsp3) is 0.400. The molecule has 0 aliphatic carbocycles. The lowest BCUT2D eigenvalue weighted by molar-refractivity contribution is 0.126. The molecule has 84 valence electrons. The molecule has 0 spiro atoms. The van der Waals surface area contributed by atoms with E-state index in [1.807, 2.05) is 25.1 Å². The van der Waals surface area contributed by atoms with Gasteiger partial charge in [-0.05, 0) is 12.0 Å². The first-order chi connectivity index (χ1) is 7.03. The summed E-state index contributed by atoms with van der Waals surface area (Å²) in [5.41, 5.74) is 0.794. The van der Waals surface area contributed by atoms with Gasteiger partial charge in [0.1, 0.15) is 0 Å². The minimum Gasteiger partial charge on any atom is -0.303 e. The Hall–Kier alpha value is -0.670. The summed E-state index contributed by atoms with van der Waals surface area (Å²) in [6.45, 7) is 1.94. The molecule has 1 atom stereocenters.